The summed E-state index contributed by atoms with van der Waals surface area (Å²) < 4.78 is 12.2. The maximum absolute atomic E-state index is 6.08. The van der Waals surface area contributed by atoms with E-state index in [9.17, 15) is 0 Å². The van der Waals surface area contributed by atoms with Gasteiger partial charge in [0.15, 0.2) is 0 Å². The molecule has 2 aromatic carbocycles. The van der Waals surface area contributed by atoms with Crippen LogP contribution in [-0.2, 0) is 22.7 Å². The second kappa shape index (κ2) is 30.1. The Balaban J connectivity index is 1.54. The molecule has 0 fully saturated rings. The number of likely N-dealkylation sites (N-methyl/N-ethyl adjacent to an activating group) is 2. The van der Waals surface area contributed by atoms with Crippen molar-refractivity contribution < 1.29 is 9.47 Å². The first-order valence-electron chi connectivity index (χ1n) is 20.3. The van der Waals surface area contributed by atoms with Crippen molar-refractivity contribution in [2.75, 3.05) is 53.5 Å². The van der Waals surface area contributed by atoms with Gasteiger partial charge in [0, 0.05) is 13.1 Å². The van der Waals surface area contributed by atoms with E-state index in [1.165, 1.54) is 164 Å². The van der Waals surface area contributed by atoms with Gasteiger partial charge in [-0.25, -0.2) is 0 Å². The lowest BCUT2D eigenvalue weighted by Gasteiger charge is -2.17. The van der Waals surface area contributed by atoms with Gasteiger partial charge in [0.05, 0.1) is 26.4 Å². The van der Waals surface area contributed by atoms with Crippen LogP contribution in [0.3, 0.4) is 0 Å². The molecule has 0 heterocycles. The average molecular weight is 665 g/mol. The Bertz CT molecular complexity index is 916. The van der Waals surface area contributed by atoms with Gasteiger partial charge < -0.3 is 19.3 Å². The zero-order chi connectivity index (χ0) is 34.3. The molecule has 0 saturated carbocycles. The molecule has 0 aliphatic rings. The van der Waals surface area contributed by atoms with E-state index in [2.05, 4.69) is 86.3 Å². The Kier molecular flexibility index (Phi) is 26.6. The van der Waals surface area contributed by atoms with E-state index in [-0.39, 0.29) is 0 Å². The minimum atomic E-state index is 0.662. The lowest BCUT2D eigenvalue weighted by molar-refractivity contribution is 0.0991. The summed E-state index contributed by atoms with van der Waals surface area (Å²) in [4.78, 5) is 4.84. The van der Waals surface area contributed by atoms with E-state index in [1.807, 2.05) is 0 Å². The summed E-state index contributed by atoms with van der Waals surface area (Å²) in [5.74, 6) is 0. The van der Waals surface area contributed by atoms with Crippen LogP contribution in [0.5, 0.6) is 0 Å². The van der Waals surface area contributed by atoms with Crippen LogP contribution in [0.4, 0.5) is 0 Å². The van der Waals surface area contributed by atoms with E-state index in [4.69, 9.17) is 9.47 Å². The zero-order valence-electron chi connectivity index (χ0n) is 32.1. The van der Waals surface area contributed by atoms with Crippen LogP contribution >= 0.6 is 0 Å². The molecule has 0 aliphatic carbocycles. The van der Waals surface area contributed by atoms with E-state index >= 15 is 0 Å². The number of hydrogen-bond donors (Lipinski definition) is 0. The van der Waals surface area contributed by atoms with Gasteiger partial charge in [-0.2, -0.15) is 0 Å². The predicted molar refractivity (Wildman–Crippen MR) is 210 cm³/mol. The van der Waals surface area contributed by atoms with Gasteiger partial charge in [-0.3, -0.25) is 0 Å². The molecular formula is C44H76N2O2. The van der Waals surface area contributed by atoms with Gasteiger partial charge in [-0.15, -0.1) is 0 Å². The van der Waals surface area contributed by atoms with Gasteiger partial charge in [-0.05, 0) is 74.4 Å². The summed E-state index contributed by atoms with van der Waals surface area (Å²) in [5, 5.41) is 0. The lowest BCUT2D eigenvalue weighted by atomic mass is 10.0. The van der Waals surface area contributed by atoms with Crippen molar-refractivity contribution in [3.05, 3.63) is 59.7 Å². The van der Waals surface area contributed by atoms with Crippen LogP contribution in [-0.4, -0.2) is 63.3 Å². The number of unbranched alkanes of at least 4 members (excludes halogenated alkanes) is 18. The first-order valence-corrected chi connectivity index (χ1v) is 20.3. The van der Waals surface area contributed by atoms with E-state index < -0.39 is 0 Å². The standard InChI is InChI=1S/C44H76N2O2/c1-5-7-9-11-13-15-17-19-21-23-31-45(3)33-35-47-39-41-27-25-29-43(37-41)44-30-26-28-42(38-44)40-48-36-34-46(4)32-24-22-20-18-16-14-12-10-8-6-2/h25-30,37-38H,5-24,31-36,39-40H2,1-4H3. The smallest absolute Gasteiger partial charge is 0.0717 e. The highest BCUT2D eigenvalue weighted by Gasteiger charge is 2.05. The molecule has 4 heteroatoms. The third-order valence-corrected chi connectivity index (χ3v) is 9.75. The van der Waals surface area contributed by atoms with Crippen LogP contribution < -0.4 is 0 Å². The summed E-state index contributed by atoms with van der Waals surface area (Å²) in [6, 6.07) is 17.6. The topological polar surface area (TPSA) is 24.9 Å². The fraction of sp³-hybridized carbons (Fsp3) is 0.727. The Morgan fingerprint density at radius 3 is 1.10 bits per heavy atom. The highest BCUT2D eigenvalue weighted by atomic mass is 16.5. The summed E-state index contributed by atoms with van der Waals surface area (Å²) >= 11 is 0. The van der Waals surface area contributed by atoms with E-state index in [1.54, 1.807) is 0 Å². The molecule has 2 rings (SSSR count). The van der Waals surface area contributed by atoms with Crippen molar-refractivity contribution in [2.45, 2.75) is 155 Å². The van der Waals surface area contributed by atoms with E-state index in [0.29, 0.717) is 13.2 Å². The molecule has 0 unspecified atom stereocenters. The molecule has 48 heavy (non-hydrogen) atoms. The minimum absolute atomic E-state index is 0.662. The normalized spacial score (nSPS) is 11.7. The van der Waals surface area contributed by atoms with Gasteiger partial charge in [0.1, 0.15) is 0 Å². The molecule has 2 aromatic rings. The summed E-state index contributed by atoms with van der Waals surface area (Å²) in [6.07, 6.45) is 27.8. The molecule has 4 nitrogen and oxygen atoms in total. The molecule has 274 valence electrons. The number of ether oxygens (including phenoxy) is 2. The quantitative estimate of drug-likeness (QED) is 0.0709. The van der Waals surface area contributed by atoms with Gasteiger partial charge in [-0.1, -0.05) is 166 Å². The molecular weight excluding hydrogens is 588 g/mol. The van der Waals surface area contributed by atoms with Gasteiger partial charge in [0.25, 0.3) is 0 Å². The van der Waals surface area contributed by atoms with Crippen molar-refractivity contribution in [2.24, 2.45) is 0 Å². The number of rotatable bonds is 33. The highest BCUT2D eigenvalue weighted by Crippen LogP contribution is 2.22. The van der Waals surface area contributed by atoms with Crippen molar-refractivity contribution in [1.82, 2.24) is 9.80 Å². The fourth-order valence-corrected chi connectivity index (χ4v) is 6.46. The maximum Gasteiger partial charge on any atom is 0.0717 e. The zero-order valence-corrected chi connectivity index (χ0v) is 32.1. The van der Waals surface area contributed by atoms with Gasteiger partial charge >= 0.3 is 0 Å². The molecule has 0 saturated heterocycles. The molecule has 0 aliphatic heterocycles. The van der Waals surface area contributed by atoms with Crippen LogP contribution in [0.2, 0.25) is 0 Å². The van der Waals surface area contributed by atoms with Crippen LogP contribution in [0.1, 0.15) is 153 Å². The SMILES string of the molecule is CCCCCCCCCCCCN(C)CCOCc1cccc(-c2cccc(COCCN(C)CCCCCCCCCCCC)c2)c1. The molecule has 0 amide bonds. The Hall–Kier alpha value is -1.72. The second-order valence-electron chi connectivity index (χ2n) is 14.5. The number of nitrogens with zero attached hydrogens (tertiary/aromatic N) is 2. The van der Waals surface area contributed by atoms with Crippen molar-refractivity contribution in [1.29, 1.82) is 0 Å². The summed E-state index contributed by atoms with van der Waals surface area (Å²) in [7, 11) is 4.46. The molecule has 0 aromatic heterocycles. The maximum atomic E-state index is 6.08. The number of hydrogen-bond acceptors (Lipinski definition) is 4. The predicted octanol–water partition coefficient (Wildman–Crippen LogP) is 12.1. The lowest BCUT2D eigenvalue weighted by Crippen LogP contribution is -2.24. The number of benzene rings is 2. The molecule has 0 radical (unpaired) electrons. The first kappa shape index (κ1) is 42.4. The van der Waals surface area contributed by atoms with Crippen molar-refractivity contribution in [3.8, 4) is 11.1 Å². The van der Waals surface area contributed by atoms with Crippen LogP contribution in [0.15, 0.2) is 48.5 Å². The van der Waals surface area contributed by atoms with Crippen molar-refractivity contribution >= 4 is 0 Å². The Labute approximate surface area is 298 Å². The Morgan fingerprint density at radius 2 is 0.750 bits per heavy atom. The third kappa shape index (κ3) is 22.8. The molecule has 0 bridgehead atoms. The molecule has 0 spiro atoms. The minimum Gasteiger partial charge on any atom is -0.375 e. The monoisotopic (exact) mass is 665 g/mol. The molecule has 0 N–H and O–H groups in total. The average Bonchev–Trinajstić information content (AvgIpc) is 3.10. The summed E-state index contributed by atoms with van der Waals surface area (Å²) in [6.45, 7) is 11.8. The van der Waals surface area contributed by atoms with Crippen LogP contribution in [0, 0.1) is 0 Å². The molecule has 0 atom stereocenters. The van der Waals surface area contributed by atoms with Crippen LogP contribution in [0.25, 0.3) is 11.1 Å². The Morgan fingerprint density at radius 1 is 0.417 bits per heavy atom. The van der Waals surface area contributed by atoms with E-state index in [0.717, 1.165) is 26.3 Å². The third-order valence-electron chi connectivity index (χ3n) is 9.75. The second-order valence-corrected chi connectivity index (χ2v) is 14.5. The summed E-state index contributed by atoms with van der Waals surface area (Å²) in [5.41, 5.74) is 4.95. The largest absolute Gasteiger partial charge is 0.375 e. The highest BCUT2D eigenvalue weighted by molar-refractivity contribution is 5.64. The first-order chi connectivity index (χ1) is 23.6. The van der Waals surface area contributed by atoms with Crippen molar-refractivity contribution in [3.63, 3.8) is 0 Å². The van der Waals surface area contributed by atoms with Gasteiger partial charge in [0.2, 0.25) is 0 Å². The fourth-order valence-electron chi connectivity index (χ4n) is 6.46.